The standard InChI is InChI=1S/C10H19NO/c1-8-5-6-11-9(7-8)12-10(2,3)4/h8H,5-7H2,1-4H3. The van der Waals surface area contributed by atoms with Crippen LogP contribution in [-0.4, -0.2) is 18.0 Å². The summed E-state index contributed by atoms with van der Waals surface area (Å²) in [6.07, 6.45) is 2.22. The van der Waals surface area contributed by atoms with Crippen LogP contribution < -0.4 is 0 Å². The molecule has 0 aliphatic carbocycles. The lowest BCUT2D eigenvalue weighted by Crippen LogP contribution is -2.27. The quantitative estimate of drug-likeness (QED) is 0.546. The highest BCUT2D eigenvalue weighted by Gasteiger charge is 2.19. The molecule has 2 nitrogen and oxygen atoms in total. The Labute approximate surface area is 75.0 Å². The molecule has 0 aromatic heterocycles. The molecule has 70 valence electrons. The third-order valence-electron chi connectivity index (χ3n) is 1.86. The molecular weight excluding hydrogens is 150 g/mol. The fourth-order valence-corrected chi connectivity index (χ4v) is 1.30. The van der Waals surface area contributed by atoms with Crippen LogP contribution in [0.1, 0.15) is 40.5 Å². The first kappa shape index (κ1) is 9.56. The first-order valence-electron chi connectivity index (χ1n) is 4.70. The molecule has 0 aromatic rings. The highest BCUT2D eigenvalue weighted by molar-refractivity contribution is 5.77. The Bertz CT molecular complexity index is 179. The van der Waals surface area contributed by atoms with Crippen molar-refractivity contribution in [1.29, 1.82) is 0 Å². The van der Waals surface area contributed by atoms with Gasteiger partial charge in [0.25, 0.3) is 0 Å². The zero-order chi connectivity index (χ0) is 9.19. The molecule has 0 saturated heterocycles. The second kappa shape index (κ2) is 3.46. The summed E-state index contributed by atoms with van der Waals surface area (Å²) in [6, 6.07) is 0. The van der Waals surface area contributed by atoms with E-state index in [1.807, 2.05) is 0 Å². The molecule has 0 radical (unpaired) electrons. The molecule has 1 aliphatic rings. The second-order valence-electron chi connectivity index (χ2n) is 4.59. The van der Waals surface area contributed by atoms with E-state index >= 15 is 0 Å². The summed E-state index contributed by atoms with van der Waals surface area (Å²) in [5.41, 5.74) is -0.0874. The van der Waals surface area contributed by atoms with Gasteiger partial charge in [-0.15, -0.1) is 0 Å². The van der Waals surface area contributed by atoms with Crippen LogP contribution >= 0.6 is 0 Å². The molecule has 1 unspecified atom stereocenters. The van der Waals surface area contributed by atoms with Gasteiger partial charge in [-0.25, -0.2) is 0 Å². The zero-order valence-electron chi connectivity index (χ0n) is 8.55. The summed E-state index contributed by atoms with van der Waals surface area (Å²) in [5, 5.41) is 0. The van der Waals surface area contributed by atoms with Crippen LogP contribution in [0.4, 0.5) is 0 Å². The number of hydrogen-bond acceptors (Lipinski definition) is 2. The van der Waals surface area contributed by atoms with Gasteiger partial charge in [0.2, 0.25) is 0 Å². The van der Waals surface area contributed by atoms with Crippen molar-refractivity contribution in [3.05, 3.63) is 0 Å². The van der Waals surface area contributed by atoms with Gasteiger partial charge >= 0.3 is 0 Å². The van der Waals surface area contributed by atoms with Gasteiger partial charge in [0.15, 0.2) is 5.90 Å². The number of ether oxygens (including phenoxy) is 1. The summed E-state index contributed by atoms with van der Waals surface area (Å²) in [5.74, 6) is 1.68. The SMILES string of the molecule is CC1CCN=C(OC(C)(C)C)C1. The van der Waals surface area contributed by atoms with Crippen LogP contribution in [0.25, 0.3) is 0 Å². The van der Waals surface area contributed by atoms with Crippen molar-refractivity contribution in [2.45, 2.75) is 46.1 Å². The van der Waals surface area contributed by atoms with Crippen molar-refractivity contribution in [3.63, 3.8) is 0 Å². The number of nitrogens with zero attached hydrogens (tertiary/aromatic N) is 1. The summed E-state index contributed by atoms with van der Waals surface area (Å²) < 4.78 is 5.70. The molecule has 1 heterocycles. The van der Waals surface area contributed by atoms with Crippen molar-refractivity contribution in [2.75, 3.05) is 6.54 Å². The lowest BCUT2D eigenvalue weighted by atomic mass is 10.0. The number of rotatable bonds is 0. The smallest absolute Gasteiger partial charge is 0.184 e. The van der Waals surface area contributed by atoms with E-state index in [1.165, 1.54) is 6.42 Å². The molecule has 1 rings (SSSR count). The van der Waals surface area contributed by atoms with Crippen LogP contribution in [0, 0.1) is 5.92 Å². The van der Waals surface area contributed by atoms with E-state index in [0.29, 0.717) is 0 Å². The minimum atomic E-state index is -0.0874. The van der Waals surface area contributed by atoms with Crippen LogP contribution in [0.3, 0.4) is 0 Å². The van der Waals surface area contributed by atoms with Crippen molar-refractivity contribution < 1.29 is 4.74 Å². The van der Waals surface area contributed by atoms with Crippen molar-refractivity contribution in [1.82, 2.24) is 0 Å². The second-order valence-corrected chi connectivity index (χ2v) is 4.59. The topological polar surface area (TPSA) is 21.6 Å². The van der Waals surface area contributed by atoms with Crippen LogP contribution in [0.15, 0.2) is 4.99 Å². The third kappa shape index (κ3) is 3.24. The van der Waals surface area contributed by atoms with E-state index in [9.17, 15) is 0 Å². The minimum Gasteiger partial charge on any atom is -0.475 e. The van der Waals surface area contributed by atoms with Gasteiger partial charge in [-0.1, -0.05) is 6.92 Å². The van der Waals surface area contributed by atoms with Gasteiger partial charge in [0.1, 0.15) is 5.60 Å². The highest BCUT2D eigenvalue weighted by atomic mass is 16.5. The molecule has 1 aliphatic heterocycles. The predicted octanol–water partition coefficient (Wildman–Crippen LogP) is 2.63. The van der Waals surface area contributed by atoms with Crippen LogP contribution in [0.2, 0.25) is 0 Å². The summed E-state index contributed by atoms with van der Waals surface area (Å²) in [4.78, 5) is 4.36. The number of aliphatic imine (C=N–C) groups is 1. The number of hydrogen-bond donors (Lipinski definition) is 0. The maximum atomic E-state index is 5.70. The zero-order valence-corrected chi connectivity index (χ0v) is 8.55. The van der Waals surface area contributed by atoms with Crippen molar-refractivity contribution in [3.8, 4) is 0 Å². The maximum Gasteiger partial charge on any atom is 0.184 e. The highest BCUT2D eigenvalue weighted by Crippen LogP contribution is 2.18. The Morgan fingerprint density at radius 3 is 2.58 bits per heavy atom. The summed E-state index contributed by atoms with van der Waals surface area (Å²) in [7, 11) is 0. The molecular formula is C10H19NO. The molecule has 0 N–H and O–H groups in total. The maximum absolute atomic E-state index is 5.70. The lowest BCUT2D eigenvalue weighted by molar-refractivity contribution is 0.107. The van der Waals surface area contributed by atoms with Gasteiger partial charge in [-0.05, 0) is 33.1 Å². The predicted molar refractivity (Wildman–Crippen MR) is 51.5 cm³/mol. The first-order chi connectivity index (χ1) is 5.47. The first-order valence-corrected chi connectivity index (χ1v) is 4.70. The average Bonchev–Trinajstić information content (AvgIpc) is 1.82. The Kier molecular flexibility index (Phi) is 2.76. The summed E-state index contributed by atoms with van der Waals surface area (Å²) in [6.45, 7) is 9.38. The van der Waals surface area contributed by atoms with Gasteiger partial charge in [-0.2, -0.15) is 0 Å². The third-order valence-corrected chi connectivity index (χ3v) is 1.86. The molecule has 1 atom stereocenters. The molecule has 0 spiro atoms. The molecule has 0 saturated carbocycles. The largest absolute Gasteiger partial charge is 0.475 e. The monoisotopic (exact) mass is 169 g/mol. The lowest BCUT2D eigenvalue weighted by Gasteiger charge is -2.26. The van der Waals surface area contributed by atoms with E-state index in [0.717, 1.165) is 24.8 Å². The molecule has 0 aromatic carbocycles. The minimum absolute atomic E-state index is 0.0874. The molecule has 0 amide bonds. The Morgan fingerprint density at radius 2 is 2.08 bits per heavy atom. The van der Waals surface area contributed by atoms with E-state index in [4.69, 9.17) is 4.74 Å². The Balaban J connectivity index is 2.47. The van der Waals surface area contributed by atoms with E-state index < -0.39 is 0 Å². The Hall–Kier alpha value is -0.530. The molecule has 0 fully saturated rings. The van der Waals surface area contributed by atoms with Gasteiger partial charge in [0, 0.05) is 13.0 Å². The fraction of sp³-hybridized carbons (Fsp3) is 0.900. The molecule has 0 bridgehead atoms. The van der Waals surface area contributed by atoms with Gasteiger partial charge < -0.3 is 4.74 Å². The Morgan fingerprint density at radius 1 is 1.42 bits per heavy atom. The van der Waals surface area contributed by atoms with E-state index in [-0.39, 0.29) is 5.60 Å². The average molecular weight is 169 g/mol. The van der Waals surface area contributed by atoms with E-state index in [2.05, 4.69) is 32.7 Å². The fourth-order valence-electron chi connectivity index (χ4n) is 1.30. The van der Waals surface area contributed by atoms with Gasteiger partial charge in [0.05, 0.1) is 0 Å². The van der Waals surface area contributed by atoms with Crippen molar-refractivity contribution in [2.24, 2.45) is 10.9 Å². The van der Waals surface area contributed by atoms with Gasteiger partial charge in [-0.3, -0.25) is 4.99 Å². The van der Waals surface area contributed by atoms with Crippen LogP contribution in [0.5, 0.6) is 0 Å². The molecule has 12 heavy (non-hydrogen) atoms. The van der Waals surface area contributed by atoms with E-state index in [1.54, 1.807) is 0 Å². The normalized spacial score (nSPS) is 25.0. The van der Waals surface area contributed by atoms with Crippen molar-refractivity contribution >= 4 is 5.90 Å². The van der Waals surface area contributed by atoms with Crippen LogP contribution in [-0.2, 0) is 4.74 Å². The molecule has 2 heteroatoms. The summed E-state index contributed by atoms with van der Waals surface area (Å²) >= 11 is 0.